The smallest absolute Gasteiger partial charge is 0.274 e. The van der Waals surface area contributed by atoms with E-state index in [1.807, 2.05) is 0 Å². The lowest BCUT2D eigenvalue weighted by Crippen LogP contribution is -2.23. The third kappa shape index (κ3) is 3.49. The Morgan fingerprint density at radius 2 is 2.00 bits per heavy atom. The number of nitrogens with zero attached hydrogens (tertiary/aromatic N) is 3. The van der Waals surface area contributed by atoms with Gasteiger partial charge in [0.25, 0.3) is 5.56 Å². The van der Waals surface area contributed by atoms with Gasteiger partial charge in [0.2, 0.25) is 5.91 Å². The van der Waals surface area contributed by atoms with Crippen molar-refractivity contribution in [2.24, 2.45) is 7.05 Å². The molecule has 0 unspecified atom stereocenters. The Labute approximate surface area is 191 Å². The molecule has 172 valence electrons. The van der Waals surface area contributed by atoms with E-state index in [2.05, 4.69) is 15.3 Å². The maximum absolute atomic E-state index is 14.6. The van der Waals surface area contributed by atoms with E-state index < -0.39 is 11.6 Å². The zero-order valence-corrected chi connectivity index (χ0v) is 18.2. The van der Waals surface area contributed by atoms with E-state index in [1.54, 1.807) is 42.2 Å². The zero-order valence-electron chi connectivity index (χ0n) is 18.2. The molecule has 34 heavy (non-hydrogen) atoms. The number of aromatic amines is 1. The number of aryl methyl sites for hydroxylation is 1. The maximum Gasteiger partial charge on any atom is 0.274 e. The predicted molar refractivity (Wildman–Crippen MR) is 123 cm³/mol. The van der Waals surface area contributed by atoms with Crippen molar-refractivity contribution in [1.82, 2.24) is 24.4 Å². The summed E-state index contributed by atoms with van der Waals surface area (Å²) in [5.74, 6) is -1.87. The van der Waals surface area contributed by atoms with Crippen molar-refractivity contribution in [3.05, 3.63) is 77.1 Å². The minimum absolute atomic E-state index is 0.0500. The molecule has 0 saturated carbocycles. The van der Waals surface area contributed by atoms with Gasteiger partial charge in [0, 0.05) is 49.1 Å². The molecule has 8 nitrogen and oxygen atoms in total. The number of H-pyrrole nitrogens is 1. The lowest BCUT2D eigenvalue weighted by atomic mass is 10.0. The second-order valence-electron chi connectivity index (χ2n) is 7.76. The van der Waals surface area contributed by atoms with Crippen LogP contribution < -0.4 is 15.6 Å². The number of amides is 1. The Kier molecular flexibility index (Phi) is 5.12. The van der Waals surface area contributed by atoms with Crippen LogP contribution in [0.5, 0.6) is 11.5 Å². The molecule has 5 aromatic rings. The van der Waals surface area contributed by atoms with Crippen molar-refractivity contribution in [2.45, 2.75) is 6.54 Å². The van der Waals surface area contributed by atoms with Gasteiger partial charge in [-0.2, -0.15) is 0 Å². The fraction of sp³-hybridized carbons (Fsp3) is 0.125. The summed E-state index contributed by atoms with van der Waals surface area (Å²) in [4.78, 5) is 32.0. The Morgan fingerprint density at radius 3 is 2.76 bits per heavy atom. The van der Waals surface area contributed by atoms with E-state index in [0.29, 0.717) is 33.1 Å². The first kappa shape index (κ1) is 21.4. The van der Waals surface area contributed by atoms with Crippen molar-refractivity contribution < 1.29 is 18.3 Å². The quantitative estimate of drug-likeness (QED) is 0.416. The molecule has 0 aliphatic carbocycles. The number of aromatic nitrogens is 4. The molecule has 2 N–H and O–H groups in total. The fourth-order valence-corrected chi connectivity index (χ4v) is 3.95. The van der Waals surface area contributed by atoms with Gasteiger partial charge in [-0.05, 0) is 30.3 Å². The topological polar surface area (TPSA) is 93.9 Å². The number of carbonyl (C=O) groups excluding carboxylic acids is 1. The van der Waals surface area contributed by atoms with Crippen LogP contribution in [0.25, 0.3) is 33.1 Å². The van der Waals surface area contributed by atoms with Crippen LogP contribution in [0.3, 0.4) is 0 Å². The molecule has 10 heteroatoms. The average molecular weight is 463 g/mol. The monoisotopic (exact) mass is 463 g/mol. The number of nitrogens with one attached hydrogen (secondary N) is 2. The summed E-state index contributed by atoms with van der Waals surface area (Å²) in [6.07, 6.45) is 4.81. The Hall–Kier alpha value is -4.47. The zero-order chi connectivity index (χ0) is 24.0. The van der Waals surface area contributed by atoms with E-state index in [4.69, 9.17) is 4.74 Å². The second kappa shape index (κ2) is 8.14. The number of halogens is 2. The number of carbonyl (C=O) groups is 1. The van der Waals surface area contributed by atoms with E-state index in [1.165, 1.54) is 24.0 Å². The van der Waals surface area contributed by atoms with Crippen molar-refractivity contribution in [3.8, 4) is 22.6 Å². The van der Waals surface area contributed by atoms with Crippen molar-refractivity contribution in [2.75, 3.05) is 7.05 Å². The first-order valence-corrected chi connectivity index (χ1v) is 10.4. The normalized spacial score (nSPS) is 11.3. The summed E-state index contributed by atoms with van der Waals surface area (Å²) in [6.45, 7) is -0.0500. The van der Waals surface area contributed by atoms with Crippen molar-refractivity contribution in [3.63, 3.8) is 0 Å². The number of imidazole rings is 1. The number of rotatable bonds is 5. The van der Waals surface area contributed by atoms with E-state index in [0.717, 1.165) is 12.1 Å². The molecule has 2 aromatic carbocycles. The summed E-state index contributed by atoms with van der Waals surface area (Å²) < 4.78 is 37.2. The lowest BCUT2D eigenvalue weighted by molar-refractivity contribution is -0.121. The standard InChI is InChI=1S/C24H19F2N5O3/c1-27-20(32)11-31-12-29-18-5-4-15(16-10-30(2)24(33)21-14(16)7-8-28-21)23(22(18)31)34-19-6-3-13(25)9-17(19)26/h3-10,12,28H,11H2,1-2H3,(H,27,32). The molecule has 0 fully saturated rings. The lowest BCUT2D eigenvalue weighted by Gasteiger charge is -2.16. The van der Waals surface area contributed by atoms with Crippen LogP contribution in [0, 0.1) is 11.6 Å². The highest BCUT2D eigenvalue weighted by atomic mass is 19.1. The number of fused-ring (bicyclic) bond motifs is 2. The number of ether oxygens (including phenoxy) is 1. The number of pyridine rings is 1. The third-order valence-corrected chi connectivity index (χ3v) is 5.62. The molecule has 0 saturated heterocycles. The van der Waals surface area contributed by atoms with Gasteiger partial charge in [-0.3, -0.25) is 9.59 Å². The average Bonchev–Trinajstić information content (AvgIpc) is 3.46. The minimum atomic E-state index is -0.882. The van der Waals surface area contributed by atoms with Gasteiger partial charge in [0.15, 0.2) is 17.3 Å². The van der Waals surface area contributed by atoms with Crippen molar-refractivity contribution >= 4 is 27.8 Å². The van der Waals surface area contributed by atoms with Crippen LogP contribution in [0.4, 0.5) is 8.78 Å². The summed E-state index contributed by atoms with van der Waals surface area (Å²) in [5.41, 5.74) is 2.34. The summed E-state index contributed by atoms with van der Waals surface area (Å²) in [6, 6.07) is 8.29. The molecule has 0 radical (unpaired) electrons. The van der Waals surface area contributed by atoms with E-state index >= 15 is 0 Å². The fourth-order valence-electron chi connectivity index (χ4n) is 3.95. The third-order valence-electron chi connectivity index (χ3n) is 5.62. The predicted octanol–water partition coefficient (Wildman–Crippen LogP) is 3.70. The molecule has 0 atom stereocenters. The molecule has 3 heterocycles. The molecule has 0 aliphatic heterocycles. The Balaban J connectivity index is 1.82. The van der Waals surface area contributed by atoms with Gasteiger partial charge in [-0.15, -0.1) is 0 Å². The SMILES string of the molecule is CNC(=O)Cn1cnc2ccc(-c3cn(C)c(=O)c4[nH]ccc34)c(Oc3ccc(F)cc3F)c21. The number of benzene rings is 2. The van der Waals surface area contributed by atoms with Gasteiger partial charge >= 0.3 is 0 Å². The molecular weight excluding hydrogens is 444 g/mol. The van der Waals surface area contributed by atoms with Gasteiger partial charge in [0.05, 0.1) is 11.8 Å². The Bertz CT molecular complexity index is 1630. The first-order valence-electron chi connectivity index (χ1n) is 10.4. The summed E-state index contributed by atoms with van der Waals surface area (Å²) in [5, 5.41) is 3.20. The maximum atomic E-state index is 14.6. The second-order valence-corrected chi connectivity index (χ2v) is 7.76. The van der Waals surface area contributed by atoms with E-state index in [9.17, 15) is 18.4 Å². The summed E-state index contributed by atoms with van der Waals surface area (Å²) in [7, 11) is 3.14. The van der Waals surface area contributed by atoms with Crippen LogP contribution in [0.1, 0.15) is 0 Å². The van der Waals surface area contributed by atoms with Crippen LogP contribution in [-0.4, -0.2) is 32.1 Å². The van der Waals surface area contributed by atoms with Crippen LogP contribution in [0.15, 0.2) is 59.9 Å². The van der Waals surface area contributed by atoms with Gasteiger partial charge < -0.3 is 24.2 Å². The molecule has 5 rings (SSSR count). The molecular formula is C24H19F2N5O3. The number of likely N-dealkylation sites (N-methyl/N-ethyl adjacent to an activating group) is 1. The number of hydrogen-bond donors (Lipinski definition) is 2. The van der Waals surface area contributed by atoms with Gasteiger partial charge in [-0.1, -0.05) is 0 Å². The highest BCUT2D eigenvalue weighted by Crippen LogP contribution is 2.41. The summed E-state index contributed by atoms with van der Waals surface area (Å²) >= 11 is 0. The molecule has 3 aromatic heterocycles. The molecule has 0 bridgehead atoms. The first-order chi connectivity index (χ1) is 16.4. The van der Waals surface area contributed by atoms with E-state index in [-0.39, 0.29) is 29.5 Å². The van der Waals surface area contributed by atoms with Gasteiger partial charge in [-0.25, -0.2) is 13.8 Å². The molecule has 1 amide bonds. The molecule has 0 spiro atoms. The largest absolute Gasteiger partial charge is 0.451 e. The Morgan fingerprint density at radius 1 is 1.18 bits per heavy atom. The van der Waals surface area contributed by atoms with Crippen LogP contribution >= 0.6 is 0 Å². The van der Waals surface area contributed by atoms with Crippen molar-refractivity contribution in [1.29, 1.82) is 0 Å². The minimum Gasteiger partial charge on any atom is -0.451 e. The highest BCUT2D eigenvalue weighted by Gasteiger charge is 2.21. The van der Waals surface area contributed by atoms with Crippen LogP contribution in [-0.2, 0) is 18.4 Å². The number of hydrogen-bond acceptors (Lipinski definition) is 4. The highest BCUT2D eigenvalue weighted by molar-refractivity contribution is 6.00. The molecule has 0 aliphatic rings. The van der Waals surface area contributed by atoms with Crippen LogP contribution in [0.2, 0.25) is 0 Å². The van der Waals surface area contributed by atoms with Gasteiger partial charge in [0.1, 0.15) is 23.4 Å².